The smallest absolute Gasteiger partial charge is 0.270 e. The molecule has 0 unspecified atom stereocenters. The van der Waals surface area contributed by atoms with Crippen LogP contribution in [0.2, 0.25) is 0 Å². The van der Waals surface area contributed by atoms with Gasteiger partial charge in [-0.05, 0) is 12.5 Å². The first-order chi connectivity index (χ1) is 7.09. The average molecular weight is 208 g/mol. The fourth-order valence-corrected chi connectivity index (χ4v) is 1.80. The molecule has 1 aromatic rings. The first-order valence-electron chi connectivity index (χ1n) is 4.77. The topological polar surface area (TPSA) is 78.4 Å². The van der Waals surface area contributed by atoms with E-state index >= 15 is 0 Å². The highest BCUT2D eigenvalue weighted by atomic mass is 16.6. The number of ether oxygens (including phenoxy) is 1. The maximum absolute atomic E-state index is 10.7. The van der Waals surface area contributed by atoms with Crippen molar-refractivity contribution in [1.82, 2.24) is 0 Å². The number of aryl methyl sites for hydroxylation is 1. The van der Waals surface area contributed by atoms with E-state index in [9.17, 15) is 10.1 Å². The van der Waals surface area contributed by atoms with Crippen LogP contribution in [0.4, 0.5) is 5.69 Å². The highest BCUT2D eigenvalue weighted by molar-refractivity contribution is 5.51. The van der Waals surface area contributed by atoms with Gasteiger partial charge >= 0.3 is 0 Å². The van der Waals surface area contributed by atoms with Crippen LogP contribution in [0.1, 0.15) is 23.6 Å². The second-order valence-electron chi connectivity index (χ2n) is 3.68. The maximum Gasteiger partial charge on any atom is 0.270 e. The summed E-state index contributed by atoms with van der Waals surface area (Å²) in [5.41, 5.74) is 7.47. The number of hydrogen-bond donors (Lipinski definition) is 1. The minimum Gasteiger partial charge on any atom is -0.493 e. The van der Waals surface area contributed by atoms with Gasteiger partial charge in [0.2, 0.25) is 0 Å². The lowest BCUT2D eigenvalue weighted by Gasteiger charge is -2.24. The molecule has 2 rings (SSSR count). The monoisotopic (exact) mass is 208 g/mol. The van der Waals surface area contributed by atoms with Gasteiger partial charge in [0.1, 0.15) is 5.75 Å². The van der Waals surface area contributed by atoms with Crippen LogP contribution >= 0.6 is 0 Å². The summed E-state index contributed by atoms with van der Waals surface area (Å²) in [6.45, 7) is 2.37. The molecule has 2 N–H and O–H groups in total. The van der Waals surface area contributed by atoms with Crippen LogP contribution in [0.15, 0.2) is 12.1 Å². The zero-order valence-electron chi connectivity index (χ0n) is 8.40. The van der Waals surface area contributed by atoms with E-state index in [1.807, 2.05) is 0 Å². The van der Waals surface area contributed by atoms with Gasteiger partial charge in [-0.15, -0.1) is 0 Å². The predicted octanol–water partition coefficient (Wildman–Crippen LogP) is 1.69. The quantitative estimate of drug-likeness (QED) is 0.562. The lowest BCUT2D eigenvalue weighted by atomic mass is 9.98. The molecule has 0 aromatic heterocycles. The summed E-state index contributed by atoms with van der Waals surface area (Å²) in [5.74, 6) is 0.708. The van der Waals surface area contributed by atoms with Crippen LogP contribution in [-0.4, -0.2) is 11.5 Å². The number of benzene rings is 1. The number of fused-ring (bicyclic) bond motifs is 1. The van der Waals surface area contributed by atoms with Crippen LogP contribution in [0, 0.1) is 17.0 Å². The molecule has 80 valence electrons. The third-order valence-corrected chi connectivity index (χ3v) is 2.57. The highest BCUT2D eigenvalue weighted by Gasteiger charge is 2.23. The minimum absolute atomic E-state index is 0.0761. The van der Waals surface area contributed by atoms with Gasteiger partial charge in [0.15, 0.2) is 0 Å². The van der Waals surface area contributed by atoms with Crippen molar-refractivity contribution in [2.24, 2.45) is 5.73 Å². The molecule has 5 heteroatoms. The maximum atomic E-state index is 10.7. The molecular formula is C10H12N2O3. The molecule has 1 atom stereocenters. The molecule has 1 aliphatic rings. The van der Waals surface area contributed by atoms with E-state index in [-0.39, 0.29) is 11.7 Å². The predicted molar refractivity (Wildman–Crippen MR) is 54.9 cm³/mol. The number of non-ortho nitro benzene ring substituents is 1. The second-order valence-corrected chi connectivity index (χ2v) is 3.68. The molecule has 0 fully saturated rings. The van der Waals surface area contributed by atoms with Crippen LogP contribution in [0.3, 0.4) is 0 Å². The summed E-state index contributed by atoms with van der Waals surface area (Å²) in [5, 5.41) is 10.7. The molecule has 1 heterocycles. The minimum atomic E-state index is -0.408. The Hall–Kier alpha value is -1.62. The summed E-state index contributed by atoms with van der Waals surface area (Å²) in [6.07, 6.45) is 0.702. The molecule has 0 saturated carbocycles. The van der Waals surface area contributed by atoms with Crippen LogP contribution in [-0.2, 0) is 0 Å². The van der Waals surface area contributed by atoms with Crippen LogP contribution in [0.25, 0.3) is 0 Å². The van der Waals surface area contributed by atoms with Gasteiger partial charge in [0.05, 0.1) is 11.5 Å². The molecule has 1 aliphatic heterocycles. The summed E-state index contributed by atoms with van der Waals surface area (Å²) in [4.78, 5) is 10.3. The average Bonchev–Trinajstić information content (AvgIpc) is 2.19. The van der Waals surface area contributed by atoms with E-state index in [0.717, 1.165) is 11.1 Å². The Morgan fingerprint density at radius 1 is 1.60 bits per heavy atom. The summed E-state index contributed by atoms with van der Waals surface area (Å²) < 4.78 is 5.46. The molecule has 15 heavy (non-hydrogen) atoms. The largest absolute Gasteiger partial charge is 0.493 e. The van der Waals surface area contributed by atoms with Gasteiger partial charge in [0, 0.05) is 30.2 Å². The molecule has 0 radical (unpaired) electrons. The zero-order chi connectivity index (χ0) is 11.0. The van der Waals surface area contributed by atoms with E-state index in [1.54, 1.807) is 6.92 Å². The van der Waals surface area contributed by atoms with Crippen molar-refractivity contribution in [2.75, 3.05) is 6.61 Å². The van der Waals surface area contributed by atoms with Gasteiger partial charge < -0.3 is 10.5 Å². The van der Waals surface area contributed by atoms with Crippen molar-refractivity contribution < 1.29 is 9.66 Å². The van der Waals surface area contributed by atoms with Gasteiger partial charge in [-0.1, -0.05) is 0 Å². The fraction of sp³-hybridized carbons (Fsp3) is 0.400. The Morgan fingerprint density at radius 3 is 3.00 bits per heavy atom. The Balaban J connectivity index is 2.56. The van der Waals surface area contributed by atoms with Crippen LogP contribution in [0.5, 0.6) is 5.75 Å². The van der Waals surface area contributed by atoms with E-state index in [0.29, 0.717) is 18.8 Å². The second kappa shape index (κ2) is 3.51. The van der Waals surface area contributed by atoms with Crippen LogP contribution < -0.4 is 10.5 Å². The van der Waals surface area contributed by atoms with Crippen molar-refractivity contribution in [3.05, 3.63) is 33.4 Å². The molecule has 5 nitrogen and oxygen atoms in total. The first-order valence-corrected chi connectivity index (χ1v) is 4.77. The Labute approximate surface area is 87.0 Å². The van der Waals surface area contributed by atoms with Crippen molar-refractivity contribution in [2.45, 2.75) is 19.4 Å². The zero-order valence-corrected chi connectivity index (χ0v) is 8.40. The lowest BCUT2D eigenvalue weighted by Crippen LogP contribution is -2.21. The molecule has 1 aromatic carbocycles. The van der Waals surface area contributed by atoms with Crippen molar-refractivity contribution in [3.63, 3.8) is 0 Å². The summed E-state index contributed by atoms with van der Waals surface area (Å²) >= 11 is 0. The number of hydrogen-bond acceptors (Lipinski definition) is 4. The summed E-state index contributed by atoms with van der Waals surface area (Å²) in [7, 11) is 0. The Kier molecular flexibility index (Phi) is 2.32. The van der Waals surface area contributed by atoms with Crippen molar-refractivity contribution in [3.8, 4) is 5.75 Å². The highest BCUT2D eigenvalue weighted by Crippen LogP contribution is 2.36. The number of nitro groups is 1. The Bertz CT molecular complexity index is 417. The summed E-state index contributed by atoms with van der Waals surface area (Å²) in [6, 6.07) is 2.86. The van der Waals surface area contributed by atoms with Crippen molar-refractivity contribution >= 4 is 5.69 Å². The van der Waals surface area contributed by atoms with Gasteiger partial charge in [-0.25, -0.2) is 0 Å². The van der Waals surface area contributed by atoms with E-state index in [4.69, 9.17) is 10.5 Å². The number of nitro benzene ring substituents is 1. The van der Waals surface area contributed by atoms with E-state index in [2.05, 4.69) is 0 Å². The SMILES string of the molecule is Cc1cc([N+](=O)[O-])cc2c1OCC[C@@H]2N. The number of nitrogens with two attached hydrogens (primary N) is 1. The lowest BCUT2D eigenvalue weighted by molar-refractivity contribution is -0.385. The first kappa shape index (κ1) is 9.92. The van der Waals surface area contributed by atoms with Gasteiger partial charge in [-0.2, -0.15) is 0 Å². The number of rotatable bonds is 1. The molecule has 0 amide bonds. The number of nitrogens with zero attached hydrogens (tertiary/aromatic N) is 1. The molecule has 0 bridgehead atoms. The standard InChI is InChI=1S/C10H12N2O3/c1-6-4-7(12(13)14)5-8-9(11)2-3-15-10(6)8/h4-5,9H,2-3,11H2,1H3/t9-/m0/s1. The van der Waals surface area contributed by atoms with Gasteiger partial charge in [0.25, 0.3) is 5.69 Å². The third-order valence-electron chi connectivity index (χ3n) is 2.57. The van der Waals surface area contributed by atoms with E-state index < -0.39 is 4.92 Å². The van der Waals surface area contributed by atoms with E-state index in [1.165, 1.54) is 12.1 Å². The fourth-order valence-electron chi connectivity index (χ4n) is 1.80. The molecule has 0 spiro atoms. The molecule has 0 aliphatic carbocycles. The van der Waals surface area contributed by atoms with Crippen molar-refractivity contribution in [1.29, 1.82) is 0 Å². The Morgan fingerprint density at radius 2 is 2.33 bits per heavy atom. The normalized spacial score (nSPS) is 19.2. The molecule has 0 saturated heterocycles. The van der Waals surface area contributed by atoms with Gasteiger partial charge in [-0.3, -0.25) is 10.1 Å². The third kappa shape index (κ3) is 1.66. The molecular weight excluding hydrogens is 196 g/mol.